The fourth-order valence-corrected chi connectivity index (χ4v) is 4.02. The summed E-state index contributed by atoms with van der Waals surface area (Å²) in [6, 6.07) is 6.48. The van der Waals surface area contributed by atoms with Crippen molar-refractivity contribution in [3.63, 3.8) is 0 Å². The molecule has 96 valence electrons. The largest absolute Gasteiger partial charge is 0.289 e. The highest BCUT2D eigenvalue weighted by Crippen LogP contribution is 2.30. The number of carbonyl (C=O) groups excluding carboxylic acids is 1. The Hall–Kier alpha value is -2.01. The molecule has 4 nitrogen and oxygen atoms in total. The van der Waals surface area contributed by atoms with Gasteiger partial charge in [0.05, 0.1) is 10.6 Å². The van der Waals surface area contributed by atoms with Crippen LogP contribution < -0.4 is 0 Å². The molecule has 3 rings (SSSR count). The molecule has 1 aromatic heterocycles. The molecule has 0 atom stereocenters. The summed E-state index contributed by atoms with van der Waals surface area (Å²) >= 11 is 0. The Morgan fingerprint density at radius 1 is 1.21 bits per heavy atom. The van der Waals surface area contributed by atoms with Crippen LogP contribution in [0.25, 0.3) is 0 Å². The van der Waals surface area contributed by atoms with E-state index < -0.39 is 9.84 Å². The molecule has 0 fully saturated rings. The molecule has 1 aliphatic rings. The van der Waals surface area contributed by atoms with E-state index in [0.29, 0.717) is 16.7 Å². The molecule has 0 amide bonds. The standard InChI is InChI=1S/C14H11NO3S/c1-9-3-2-4-12-13(9)14(16)11-5-6-15-7-10(11)8-19(12,17)18/h2-7H,8H2,1H3. The molecule has 1 aromatic carbocycles. The summed E-state index contributed by atoms with van der Waals surface area (Å²) < 4.78 is 24.7. The number of carbonyl (C=O) groups is 1. The van der Waals surface area contributed by atoms with Gasteiger partial charge in [0, 0.05) is 23.5 Å². The van der Waals surface area contributed by atoms with Gasteiger partial charge in [0.25, 0.3) is 0 Å². The van der Waals surface area contributed by atoms with Crippen LogP contribution in [-0.2, 0) is 15.6 Å². The number of hydrogen-bond acceptors (Lipinski definition) is 4. The maximum absolute atomic E-state index is 12.5. The molecule has 2 aromatic rings. The van der Waals surface area contributed by atoms with Crippen molar-refractivity contribution >= 4 is 15.6 Å². The highest BCUT2D eigenvalue weighted by molar-refractivity contribution is 7.90. The Bertz CT molecular complexity index is 794. The number of pyridine rings is 1. The van der Waals surface area contributed by atoms with Crippen molar-refractivity contribution in [2.75, 3.05) is 0 Å². The SMILES string of the molecule is Cc1cccc2c1C(=O)c1ccncc1CS2(=O)=O. The quantitative estimate of drug-likeness (QED) is 0.735. The summed E-state index contributed by atoms with van der Waals surface area (Å²) in [7, 11) is -3.51. The molecule has 2 heterocycles. The van der Waals surface area contributed by atoms with Gasteiger partial charge in [0.1, 0.15) is 0 Å². The highest BCUT2D eigenvalue weighted by atomic mass is 32.2. The first kappa shape index (κ1) is 12.0. The lowest BCUT2D eigenvalue weighted by atomic mass is 9.97. The van der Waals surface area contributed by atoms with Gasteiger partial charge >= 0.3 is 0 Å². The second-order valence-electron chi connectivity index (χ2n) is 4.57. The first-order chi connectivity index (χ1) is 9.00. The molecular formula is C14H11NO3S. The van der Waals surface area contributed by atoms with Gasteiger partial charge in [-0.15, -0.1) is 0 Å². The summed E-state index contributed by atoms with van der Waals surface area (Å²) in [5.74, 6) is -0.426. The maximum atomic E-state index is 12.5. The van der Waals surface area contributed by atoms with Gasteiger partial charge in [-0.05, 0) is 30.2 Å². The Morgan fingerprint density at radius 2 is 2.00 bits per heavy atom. The molecule has 0 N–H and O–H groups in total. The van der Waals surface area contributed by atoms with E-state index in [9.17, 15) is 13.2 Å². The summed E-state index contributed by atoms with van der Waals surface area (Å²) in [5.41, 5.74) is 1.85. The molecule has 0 saturated heterocycles. The maximum Gasteiger partial charge on any atom is 0.195 e. The van der Waals surface area contributed by atoms with Crippen molar-refractivity contribution in [2.24, 2.45) is 0 Å². The lowest BCUT2D eigenvalue weighted by Crippen LogP contribution is -2.08. The van der Waals surface area contributed by atoms with E-state index in [1.807, 2.05) is 0 Å². The third-order valence-corrected chi connectivity index (χ3v) is 4.99. The average Bonchev–Trinajstić information content (AvgIpc) is 2.45. The Morgan fingerprint density at radius 3 is 2.79 bits per heavy atom. The molecule has 0 unspecified atom stereocenters. The van der Waals surface area contributed by atoms with Crippen molar-refractivity contribution < 1.29 is 13.2 Å². The number of sulfone groups is 1. The highest BCUT2D eigenvalue weighted by Gasteiger charge is 2.31. The van der Waals surface area contributed by atoms with Gasteiger partial charge in [-0.25, -0.2) is 8.42 Å². The summed E-state index contributed by atoms with van der Waals surface area (Å²) in [5, 5.41) is 0. The van der Waals surface area contributed by atoms with Gasteiger partial charge in [-0.1, -0.05) is 12.1 Å². The van der Waals surface area contributed by atoms with E-state index in [-0.39, 0.29) is 22.0 Å². The minimum atomic E-state index is -3.51. The smallest absolute Gasteiger partial charge is 0.195 e. The average molecular weight is 273 g/mol. The number of hydrogen-bond donors (Lipinski definition) is 0. The monoisotopic (exact) mass is 273 g/mol. The topological polar surface area (TPSA) is 64.1 Å². The van der Waals surface area contributed by atoms with Gasteiger partial charge in [0.15, 0.2) is 15.6 Å². The number of aryl methyl sites for hydroxylation is 1. The molecule has 19 heavy (non-hydrogen) atoms. The second-order valence-corrected chi connectivity index (χ2v) is 6.53. The molecule has 1 aliphatic heterocycles. The fraction of sp³-hybridized carbons (Fsp3) is 0.143. The zero-order chi connectivity index (χ0) is 13.6. The molecule has 0 aliphatic carbocycles. The Labute approximate surface area is 111 Å². The number of rotatable bonds is 0. The van der Waals surface area contributed by atoms with E-state index in [0.717, 1.165) is 0 Å². The van der Waals surface area contributed by atoms with Crippen LogP contribution in [0.3, 0.4) is 0 Å². The fourth-order valence-electron chi connectivity index (χ4n) is 2.37. The molecule has 0 saturated carbocycles. The molecule has 0 radical (unpaired) electrons. The third kappa shape index (κ3) is 1.77. The van der Waals surface area contributed by atoms with E-state index in [4.69, 9.17) is 0 Å². The minimum Gasteiger partial charge on any atom is -0.289 e. The Balaban J connectivity index is 2.43. The van der Waals surface area contributed by atoms with Crippen LogP contribution in [0.4, 0.5) is 0 Å². The first-order valence-corrected chi connectivity index (χ1v) is 7.46. The van der Waals surface area contributed by atoms with Crippen LogP contribution >= 0.6 is 0 Å². The zero-order valence-electron chi connectivity index (χ0n) is 10.3. The van der Waals surface area contributed by atoms with Crippen molar-refractivity contribution in [3.8, 4) is 0 Å². The van der Waals surface area contributed by atoms with Gasteiger partial charge in [0.2, 0.25) is 0 Å². The number of benzene rings is 1. The predicted molar refractivity (Wildman–Crippen MR) is 69.7 cm³/mol. The number of nitrogens with zero attached hydrogens (tertiary/aromatic N) is 1. The van der Waals surface area contributed by atoms with Crippen LogP contribution in [0.15, 0.2) is 41.6 Å². The summed E-state index contributed by atoms with van der Waals surface area (Å²) in [6.45, 7) is 1.75. The summed E-state index contributed by atoms with van der Waals surface area (Å²) in [4.78, 5) is 16.6. The van der Waals surface area contributed by atoms with Crippen molar-refractivity contribution in [1.29, 1.82) is 0 Å². The van der Waals surface area contributed by atoms with E-state index in [2.05, 4.69) is 4.98 Å². The van der Waals surface area contributed by atoms with E-state index in [1.54, 1.807) is 25.1 Å². The molecular weight excluding hydrogens is 262 g/mol. The molecule has 5 heteroatoms. The molecule has 0 spiro atoms. The lowest BCUT2D eigenvalue weighted by molar-refractivity contribution is 0.103. The second kappa shape index (κ2) is 3.99. The van der Waals surface area contributed by atoms with E-state index >= 15 is 0 Å². The lowest BCUT2D eigenvalue weighted by Gasteiger charge is -2.07. The predicted octanol–water partition coefficient (Wildman–Crippen LogP) is 1.91. The number of fused-ring (bicyclic) bond motifs is 2. The van der Waals surface area contributed by atoms with Crippen LogP contribution in [-0.4, -0.2) is 19.2 Å². The van der Waals surface area contributed by atoms with Gasteiger partial charge in [-0.3, -0.25) is 9.78 Å². The van der Waals surface area contributed by atoms with E-state index in [1.165, 1.54) is 18.5 Å². The minimum absolute atomic E-state index is 0.119. The first-order valence-electron chi connectivity index (χ1n) is 5.80. The van der Waals surface area contributed by atoms with Gasteiger partial charge < -0.3 is 0 Å². The van der Waals surface area contributed by atoms with Crippen LogP contribution in [0, 0.1) is 6.92 Å². The van der Waals surface area contributed by atoms with Crippen molar-refractivity contribution in [2.45, 2.75) is 17.6 Å². The third-order valence-electron chi connectivity index (χ3n) is 3.29. The summed E-state index contributed by atoms with van der Waals surface area (Å²) in [6.07, 6.45) is 2.96. The van der Waals surface area contributed by atoms with Gasteiger partial charge in [-0.2, -0.15) is 0 Å². The van der Waals surface area contributed by atoms with Crippen LogP contribution in [0.1, 0.15) is 27.0 Å². The molecule has 0 bridgehead atoms. The van der Waals surface area contributed by atoms with Crippen LogP contribution in [0.2, 0.25) is 0 Å². The zero-order valence-corrected chi connectivity index (χ0v) is 11.1. The Kier molecular flexibility index (Phi) is 2.53. The van der Waals surface area contributed by atoms with Crippen molar-refractivity contribution in [3.05, 3.63) is 58.9 Å². The number of aromatic nitrogens is 1. The normalized spacial score (nSPS) is 16.4. The number of ketones is 1. The van der Waals surface area contributed by atoms with Crippen molar-refractivity contribution in [1.82, 2.24) is 4.98 Å². The van der Waals surface area contributed by atoms with Crippen LogP contribution in [0.5, 0.6) is 0 Å².